The van der Waals surface area contributed by atoms with Crippen molar-refractivity contribution < 1.29 is 28.5 Å². The number of hydrogen-bond donors (Lipinski definition) is 1. The molecule has 0 bridgehead atoms. The SMILES string of the molecule is COC(=O)OC1=CNC=C(OC(=O)OC)C1. The number of carbonyl (C=O) groups is 2. The van der Waals surface area contributed by atoms with Crippen LogP contribution in [0.4, 0.5) is 9.59 Å². The molecule has 1 rings (SSSR count). The van der Waals surface area contributed by atoms with Crippen molar-refractivity contribution in [3.8, 4) is 0 Å². The van der Waals surface area contributed by atoms with E-state index in [2.05, 4.69) is 14.8 Å². The van der Waals surface area contributed by atoms with Crippen molar-refractivity contribution in [2.24, 2.45) is 0 Å². The maximum Gasteiger partial charge on any atom is 0.513 e. The number of hydrogen-bond acceptors (Lipinski definition) is 7. The summed E-state index contributed by atoms with van der Waals surface area (Å²) in [4.78, 5) is 21.6. The minimum Gasteiger partial charge on any atom is -0.437 e. The Morgan fingerprint density at radius 3 is 1.88 bits per heavy atom. The normalized spacial score (nSPS) is 13.9. The van der Waals surface area contributed by atoms with Crippen molar-refractivity contribution in [2.45, 2.75) is 6.42 Å². The molecular formula is C9H11NO6. The molecule has 1 aliphatic heterocycles. The van der Waals surface area contributed by atoms with Crippen LogP contribution in [0.1, 0.15) is 6.42 Å². The Bertz CT molecular complexity index is 314. The molecule has 16 heavy (non-hydrogen) atoms. The van der Waals surface area contributed by atoms with E-state index >= 15 is 0 Å². The summed E-state index contributed by atoms with van der Waals surface area (Å²) in [6.45, 7) is 0. The summed E-state index contributed by atoms with van der Waals surface area (Å²) in [5.74, 6) is 0.543. The van der Waals surface area contributed by atoms with E-state index < -0.39 is 12.3 Å². The third-order valence-corrected chi connectivity index (χ3v) is 1.60. The number of carbonyl (C=O) groups excluding carboxylic acids is 2. The molecule has 0 aromatic heterocycles. The van der Waals surface area contributed by atoms with Gasteiger partial charge in [-0.2, -0.15) is 0 Å². The van der Waals surface area contributed by atoms with Crippen molar-refractivity contribution in [1.29, 1.82) is 0 Å². The predicted molar refractivity (Wildman–Crippen MR) is 50.9 cm³/mol. The summed E-state index contributed by atoms with van der Waals surface area (Å²) in [5, 5.41) is 2.65. The van der Waals surface area contributed by atoms with E-state index in [1.807, 2.05) is 0 Å². The van der Waals surface area contributed by atoms with Gasteiger partial charge in [0.05, 0.1) is 20.6 Å². The molecule has 7 heteroatoms. The van der Waals surface area contributed by atoms with Crippen molar-refractivity contribution in [1.82, 2.24) is 5.32 Å². The molecule has 7 nitrogen and oxygen atoms in total. The number of rotatable bonds is 2. The number of nitrogens with one attached hydrogen (secondary N) is 1. The lowest BCUT2D eigenvalue weighted by atomic mass is 10.3. The van der Waals surface area contributed by atoms with Crippen LogP contribution in [0.5, 0.6) is 0 Å². The van der Waals surface area contributed by atoms with E-state index in [0.29, 0.717) is 0 Å². The largest absolute Gasteiger partial charge is 0.513 e. The van der Waals surface area contributed by atoms with Crippen LogP contribution in [-0.2, 0) is 18.9 Å². The monoisotopic (exact) mass is 229 g/mol. The summed E-state index contributed by atoms with van der Waals surface area (Å²) in [7, 11) is 2.39. The molecule has 0 aromatic carbocycles. The van der Waals surface area contributed by atoms with E-state index in [1.54, 1.807) is 0 Å². The van der Waals surface area contributed by atoms with Crippen molar-refractivity contribution in [2.75, 3.05) is 14.2 Å². The molecule has 0 aliphatic carbocycles. The van der Waals surface area contributed by atoms with Crippen LogP contribution in [0.2, 0.25) is 0 Å². The fraction of sp³-hybridized carbons (Fsp3) is 0.333. The van der Waals surface area contributed by atoms with Gasteiger partial charge in [0.15, 0.2) is 0 Å². The zero-order valence-corrected chi connectivity index (χ0v) is 8.81. The Labute approximate surface area is 91.6 Å². The predicted octanol–water partition coefficient (Wildman–Crippen LogP) is 1.23. The van der Waals surface area contributed by atoms with Gasteiger partial charge in [0.25, 0.3) is 0 Å². The molecule has 1 heterocycles. The highest BCUT2D eigenvalue weighted by Crippen LogP contribution is 2.17. The first-order valence-corrected chi connectivity index (χ1v) is 4.31. The maximum absolute atomic E-state index is 10.8. The Morgan fingerprint density at radius 2 is 1.50 bits per heavy atom. The smallest absolute Gasteiger partial charge is 0.437 e. The van der Waals surface area contributed by atoms with Crippen molar-refractivity contribution in [3.05, 3.63) is 23.9 Å². The molecule has 0 saturated heterocycles. The summed E-state index contributed by atoms with van der Waals surface area (Å²) in [6, 6.07) is 0. The number of methoxy groups -OCH3 is 2. The third kappa shape index (κ3) is 3.52. The molecule has 1 N–H and O–H groups in total. The third-order valence-electron chi connectivity index (χ3n) is 1.60. The Balaban J connectivity index is 2.46. The first-order chi connectivity index (χ1) is 7.65. The quantitative estimate of drug-likeness (QED) is 0.713. The molecule has 0 spiro atoms. The highest BCUT2D eigenvalue weighted by atomic mass is 16.7. The summed E-state index contributed by atoms with van der Waals surface area (Å²) < 4.78 is 18.1. The van der Waals surface area contributed by atoms with Gasteiger partial charge in [-0.15, -0.1) is 0 Å². The van der Waals surface area contributed by atoms with Gasteiger partial charge in [-0.3, -0.25) is 0 Å². The minimum absolute atomic E-state index is 0.150. The molecule has 0 atom stereocenters. The van der Waals surface area contributed by atoms with Crippen LogP contribution in [0.15, 0.2) is 23.9 Å². The van der Waals surface area contributed by atoms with Gasteiger partial charge < -0.3 is 24.3 Å². The van der Waals surface area contributed by atoms with E-state index in [-0.39, 0.29) is 17.9 Å². The first kappa shape index (κ1) is 11.9. The van der Waals surface area contributed by atoms with Gasteiger partial charge in [0.2, 0.25) is 0 Å². The van der Waals surface area contributed by atoms with Crippen LogP contribution >= 0.6 is 0 Å². The Hall–Kier alpha value is -2.18. The second kappa shape index (κ2) is 5.64. The second-order valence-corrected chi connectivity index (χ2v) is 2.68. The summed E-state index contributed by atoms with van der Waals surface area (Å²) in [5.41, 5.74) is 0. The van der Waals surface area contributed by atoms with Gasteiger partial charge in [0.1, 0.15) is 11.5 Å². The van der Waals surface area contributed by atoms with E-state index in [1.165, 1.54) is 26.6 Å². The topological polar surface area (TPSA) is 83.1 Å². The molecule has 0 saturated carbocycles. The summed E-state index contributed by atoms with van der Waals surface area (Å²) >= 11 is 0. The Morgan fingerprint density at radius 1 is 1.06 bits per heavy atom. The lowest BCUT2D eigenvalue weighted by Gasteiger charge is -2.14. The zero-order valence-electron chi connectivity index (χ0n) is 8.81. The van der Waals surface area contributed by atoms with Crippen LogP contribution in [0, 0.1) is 0 Å². The van der Waals surface area contributed by atoms with E-state index in [4.69, 9.17) is 9.47 Å². The van der Waals surface area contributed by atoms with Crippen LogP contribution in [0.25, 0.3) is 0 Å². The Kier molecular flexibility index (Phi) is 4.19. The fourth-order valence-corrected chi connectivity index (χ4v) is 0.930. The highest BCUT2D eigenvalue weighted by molar-refractivity contribution is 5.62. The van der Waals surface area contributed by atoms with Crippen LogP contribution < -0.4 is 5.32 Å². The standard InChI is InChI=1S/C9H11NO6/c1-13-8(11)15-6-3-7(5-10-4-6)16-9(12)14-2/h4-5,10H,3H2,1-2H3. The average molecular weight is 229 g/mol. The molecule has 0 unspecified atom stereocenters. The minimum atomic E-state index is -0.840. The molecule has 0 radical (unpaired) electrons. The van der Waals surface area contributed by atoms with Gasteiger partial charge in [0, 0.05) is 12.4 Å². The number of ether oxygens (including phenoxy) is 4. The van der Waals surface area contributed by atoms with E-state index in [0.717, 1.165) is 0 Å². The zero-order chi connectivity index (χ0) is 12.0. The summed E-state index contributed by atoms with van der Waals surface area (Å²) in [6.07, 6.45) is 1.36. The van der Waals surface area contributed by atoms with Crippen molar-refractivity contribution >= 4 is 12.3 Å². The molecular weight excluding hydrogens is 218 g/mol. The molecule has 0 amide bonds. The second-order valence-electron chi connectivity index (χ2n) is 2.68. The van der Waals surface area contributed by atoms with Crippen LogP contribution in [-0.4, -0.2) is 26.5 Å². The van der Waals surface area contributed by atoms with E-state index in [9.17, 15) is 9.59 Å². The lowest BCUT2D eigenvalue weighted by molar-refractivity contribution is 0.0845. The van der Waals surface area contributed by atoms with Gasteiger partial charge in [-0.25, -0.2) is 9.59 Å². The molecule has 0 fully saturated rings. The van der Waals surface area contributed by atoms with Crippen LogP contribution in [0.3, 0.4) is 0 Å². The van der Waals surface area contributed by atoms with Gasteiger partial charge in [-0.05, 0) is 0 Å². The molecule has 88 valence electrons. The van der Waals surface area contributed by atoms with Gasteiger partial charge in [-0.1, -0.05) is 0 Å². The fourth-order valence-electron chi connectivity index (χ4n) is 0.930. The van der Waals surface area contributed by atoms with Crippen molar-refractivity contribution in [3.63, 3.8) is 0 Å². The molecule has 0 aromatic rings. The lowest BCUT2D eigenvalue weighted by Crippen LogP contribution is -2.15. The first-order valence-electron chi connectivity index (χ1n) is 4.31. The molecule has 1 aliphatic rings. The highest BCUT2D eigenvalue weighted by Gasteiger charge is 2.16. The average Bonchev–Trinajstić information content (AvgIpc) is 2.29. The van der Waals surface area contributed by atoms with Gasteiger partial charge >= 0.3 is 12.3 Å². The maximum atomic E-state index is 10.8. The number of dihydropyridines is 1.